The molecule has 0 N–H and O–H groups in total. The second-order valence-corrected chi connectivity index (χ2v) is 8.06. The van der Waals surface area contributed by atoms with Gasteiger partial charge in [-0.3, -0.25) is 4.79 Å². The molecule has 0 atom stereocenters. The number of halogens is 1. The van der Waals surface area contributed by atoms with Crippen LogP contribution in [0.1, 0.15) is 16.7 Å². The summed E-state index contributed by atoms with van der Waals surface area (Å²) in [5.74, 6) is 1.51. The maximum Gasteiger partial charge on any atom is 0.232 e. The van der Waals surface area contributed by atoms with E-state index in [1.165, 1.54) is 16.8 Å². The summed E-state index contributed by atoms with van der Waals surface area (Å²) in [6, 6.07) is 14.3. The third-order valence-corrected chi connectivity index (χ3v) is 6.32. The summed E-state index contributed by atoms with van der Waals surface area (Å²) >= 11 is 7.81. The van der Waals surface area contributed by atoms with Gasteiger partial charge in [-0.1, -0.05) is 41.9 Å². The molecule has 26 heavy (non-hydrogen) atoms. The fourth-order valence-corrected chi connectivity index (χ4v) is 4.44. The number of amides is 1. The summed E-state index contributed by atoms with van der Waals surface area (Å²) in [6.07, 6.45) is 0. The maximum absolute atomic E-state index is 12.5. The van der Waals surface area contributed by atoms with E-state index in [9.17, 15) is 4.79 Å². The van der Waals surface area contributed by atoms with E-state index in [1.807, 2.05) is 29.2 Å². The first kappa shape index (κ1) is 19.1. The van der Waals surface area contributed by atoms with Crippen molar-refractivity contribution in [3.63, 3.8) is 0 Å². The first-order valence-electron chi connectivity index (χ1n) is 8.96. The first-order chi connectivity index (χ1) is 12.6. The van der Waals surface area contributed by atoms with E-state index >= 15 is 0 Å². The summed E-state index contributed by atoms with van der Waals surface area (Å²) in [5, 5.41) is 0.773. The Morgan fingerprint density at radius 2 is 1.77 bits per heavy atom. The summed E-state index contributed by atoms with van der Waals surface area (Å²) in [5.41, 5.74) is 5.04. The summed E-state index contributed by atoms with van der Waals surface area (Å²) in [6.45, 7) is 7.69. The minimum atomic E-state index is 0.225. The highest BCUT2D eigenvalue weighted by atomic mass is 35.5. The fraction of sp³-hybridized carbons (Fsp3) is 0.381. The zero-order valence-corrected chi connectivity index (χ0v) is 16.9. The molecule has 1 fully saturated rings. The monoisotopic (exact) mass is 388 g/mol. The highest BCUT2D eigenvalue weighted by Gasteiger charge is 2.22. The maximum atomic E-state index is 12.5. The van der Waals surface area contributed by atoms with Crippen LogP contribution in [0.15, 0.2) is 42.5 Å². The van der Waals surface area contributed by atoms with Crippen molar-refractivity contribution in [3.8, 4) is 0 Å². The number of carbonyl (C=O) groups excluding carboxylic acids is 1. The second kappa shape index (κ2) is 8.83. The SMILES string of the molecule is Cc1cccc(N2CCN(C(=O)CSCc3ccccc3Cl)CC2)c1C. The highest BCUT2D eigenvalue weighted by molar-refractivity contribution is 7.99. The van der Waals surface area contributed by atoms with E-state index in [-0.39, 0.29) is 5.91 Å². The summed E-state index contributed by atoms with van der Waals surface area (Å²) < 4.78 is 0. The van der Waals surface area contributed by atoms with Crippen LogP contribution >= 0.6 is 23.4 Å². The van der Waals surface area contributed by atoms with Crippen LogP contribution in [-0.2, 0) is 10.5 Å². The number of rotatable bonds is 5. The molecule has 0 bridgehead atoms. The molecule has 1 aliphatic heterocycles. The Balaban J connectivity index is 1.48. The summed E-state index contributed by atoms with van der Waals surface area (Å²) in [4.78, 5) is 16.9. The van der Waals surface area contributed by atoms with Crippen LogP contribution in [0.3, 0.4) is 0 Å². The first-order valence-corrected chi connectivity index (χ1v) is 10.5. The number of carbonyl (C=O) groups is 1. The Bertz CT molecular complexity index is 772. The van der Waals surface area contributed by atoms with Crippen molar-refractivity contribution in [1.82, 2.24) is 4.90 Å². The molecule has 138 valence electrons. The van der Waals surface area contributed by atoms with Crippen LogP contribution < -0.4 is 4.90 Å². The normalized spacial score (nSPS) is 14.6. The molecule has 0 unspecified atom stereocenters. The molecule has 0 aromatic heterocycles. The van der Waals surface area contributed by atoms with Gasteiger partial charge >= 0.3 is 0 Å². The molecule has 3 nitrogen and oxygen atoms in total. The van der Waals surface area contributed by atoms with Gasteiger partial charge in [0.15, 0.2) is 0 Å². The van der Waals surface area contributed by atoms with E-state index in [0.717, 1.165) is 42.5 Å². The standard InChI is InChI=1S/C21H25ClN2OS/c1-16-6-5-9-20(17(16)2)23-10-12-24(13-11-23)21(25)15-26-14-18-7-3-4-8-19(18)22/h3-9H,10-15H2,1-2H3. The quantitative estimate of drug-likeness (QED) is 0.751. The largest absolute Gasteiger partial charge is 0.368 e. The minimum Gasteiger partial charge on any atom is -0.368 e. The molecule has 1 saturated heterocycles. The molecule has 0 aliphatic carbocycles. The second-order valence-electron chi connectivity index (χ2n) is 6.67. The van der Waals surface area contributed by atoms with Gasteiger partial charge in [0.05, 0.1) is 5.75 Å². The van der Waals surface area contributed by atoms with Gasteiger partial charge < -0.3 is 9.80 Å². The smallest absolute Gasteiger partial charge is 0.232 e. The van der Waals surface area contributed by atoms with Crippen LogP contribution in [0.4, 0.5) is 5.69 Å². The van der Waals surface area contributed by atoms with Gasteiger partial charge in [0, 0.05) is 42.6 Å². The molecule has 3 rings (SSSR count). The van der Waals surface area contributed by atoms with Crippen molar-refractivity contribution in [2.75, 3.05) is 36.8 Å². The molecule has 0 saturated carbocycles. The lowest BCUT2D eigenvalue weighted by Crippen LogP contribution is -2.49. The van der Waals surface area contributed by atoms with Crippen molar-refractivity contribution in [2.24, 2.45) is 0 Å². The number of thioether (sulfide) groups is 1. The Kier molecular flexibility index (Phi) is 6.49. The lowest BCUT2D eigenvalue weighted by atomic mass is 10.1. The topological polar surface area (TPSA) is 23.6 Å². The van der Waals surface area contributed by atoms with E-state index in [4.69, 9.17) is 11.6 Å². The molecule has 0 spiro atoms. The number of anilines is 1. The van der Waals surface area contributed by atoms with Gasteiger partial charge in [-0.25, -0.2) is 0 Å². The molecule has 1 amide bonds. The van der Waals surface area contributed by atoms with E-state index in [1.54, 1.807) is 11.8 Å². The molecule has 2 aromatic rings. The van der Waals surface area contributed by atoms with Crippen molar-refractivity contribution in [1.29, 1.82) is 0 Å². The number of nitrogens with zero attached hydrogens (tertiary/aromatic N) is 2. The average molecular weight is 389 g/mol. The van der Waals surface area contributed by atoms with Crippen LogP contribution in [0, 0.1) is 13.8 Å². The molecule has 0 radical (unpaired) electrons. The van der Waals surface area contributed by atoms with Gasteiger partial charge in [-0.05, 0) is 42.7 Å². The third kappa shape index (κ3) is 4.54. The molecule has 5 heteroatoms. The molecule has 1 aliphatic rings. The molecule has 1 heterocycles. The number of hydrogen-bond acceptors (Lipinski definition) is 3. The zero-order valence-electron chi connectivity index (χ0n) is 15.4. The number of piperazine rings is 1. The van der Waals surface area contributed by atoms with E-state index < -0.39 is 0 Å². The van der Waals surface area contributed by atoms with Gasteiger partial charge in [-0.15, -0.1) is 11.8 Å². The highest BCUT2D eigenvalue weighted by Crippen LogP contribution is 2.24. The van der Waals surface area contributed by atoms with Crippen molar-refractivity contribution < 1.29 is 4.79 Å². The number of benzene rings is 2. The van der Waals surface area contributed by atoms with Gasteiger partial charge in [0.2, 0.25) is 5.91 Å². The molecular formula is C21H25ClN2OS. The van der Waals surface area contributed by atoms with E-state index in [2.05, 4.69) is 36.9 Å². The Hall–Kier alpha value is -1.65. The number of aryl methyl sites for hydroxylation is 1. The summed E-state index contributed by atoms with van der Waals surface area (Å²) in [7, 11) is 0. The molecular weight excluding hydrogens is 364 g/mol. The van der Waals surface area contributed by atoms with Gasteiger partial charge in [0.1, 0.15) is 0 Å². The number of hydrogen-bond donors (Lipinski definition) is 0. The fourth-order valence-electron chi connectivity index (χ4n) is 3.23. The van der Waals surface area contributed by atoms with Crippen molar-refractivity contribution >= 4 is 35.0 Å². The Morgan fingerprint density at radius 3 is 2.50 bits per heavy atom. The van der Waals surface area contributed by atoms with Gasteiger partial charge in [-0.2, -0.15) is 0 Å². The van der Waals surface area contributed by atoms with Crippen LogP contribution in [0.2, 0.25) is 5.02 Å². The van der Waals surface area contributed by atoms with Gasteiger partial charge in [0.25, 0.3) is 0 Å². The van der Waals surface area contributed by atoms with Crippen LogP contribution in [0.25, 0.3) is 0 Å². The Morgan fingerprint density at radius 1 is 1.04 bits per heavy atom. The van der Waals surface area contributed by atoms with E-state index in [0.29, 0.717) is 5.75 Å². The predicted octanol–water partition coefficient (Wildman–Crippen LogP) is 4.54. The Labute approximate surface area is 165 Å². The molecule has 2 aromatic carbocycles. The lowest BCUT2D eigenvalue weighted by Gasteiger charge is -2.37. The van der Waals surface area contributed by atoms with Crippen LogP contribution in [0.5, 0.6) is 0 Å². The van der Waals surface area contributed by atoms with Crippen molar-refractivity contribution in [2.45, 2.75) is 19.6 Å². The van der Waals surface area contributed by atoms with Crippen molar-refractivity contribution in [3.05, 3.63) is 64.2 Å². The zero-order chi connectivity index (χ0) is 18.5. The predicted molar refractivity (Wildman–Crippen MR) is 112 cm³/mol. The lowest BCUT2D eigenvalue weighted by molar-refractivity contribution is -0.128. The van der Waals surface area contributed by atoms with Crippen LogP contribution in [-0.4, -0.2) is 42.7 Å². The average Bonchev–Trinajstić information content (AvgIpc) is 2.65. The third-order valence-electron chi connectivity index (χ3n) is 4.99. The minimum absolute atomic E-state index is 0.225.